The fraction of sp³-hybridized carbons (Fsp3) is 0.409. The number of ether oxygens (including phenoxy) is 2. The van der Waals surface area contributed by atoms with E-state index < -0.39 is 0 Å². The van der Waals surface area contributed by atoms with E-state index in [9.17, 15) is 4.79 Å². The quantitative estimate of drug-likeness (QED) is 0.692. The van der Waals surface area contributed by atoms with Crippen LogP contribution < -0.4 is 10.1 Å². The highest BCUT2D eigenvalue weighted by Gasteiger charge is 2.11. The minimum Gasteiger partial charge on any atom is -0.494 e. The Labute approximate surface area is 161 Å². The molecular formula is C22H28N2O3. The molecule has 5 heteroatoms. The highest BCUT2D eigenvalue weighted by Crippen LogP contribution is 2.11. The van der Waals surface area contributed by atoms with Crippen molar-refractivity contribution in [2.24, 2.45) is 0 Å². The molecule has 1 aliphatic heterocycles. The van der Waals surface area contributed by atoms with Crippen LogP contribution in [0.3, 0.4) is 0 Å². The Morgan fingerprint density at radius 1 is 1.04 bits per heavy atom. The number of nitrogens with one attached hydrogen (secondary N) is 1. The van der Waals surface area contributed by atoms with Crippen LogP contribution in [0.5, 0.6) is 5.75 Å². The number of hydrogen-bond donors (Lipinski definition) is 1. The third kappa shape index (κ3) is 7.04. The van der Waals surface area contributed by atoms with Crippen molar-refractivity contribution in [2.45, 2.75) is 25.9 Å². The van der Waals surface area contributed by atoms with Gasteiger partial charge in [0.05, 0.1) is 19.8 Å². The van der Waals surface area contributed by atoms with Gasteiger partial charge in [-0.3, -0.25) is 9.69 Å². The topological polar surface area (TPSA) is 50.8 Å². The van der Waals surface area contributed by atoms with Crippen LogP contribution in [0.2, 0.25) is 0 Å². The SMILES string of the molecule is O=C(CCCOc1ccccc1)NCc1cccc(CN2CCOCC2)c1. The molecule has 5 nitrogen and oxygen atoms in total. The summed E-state index contributed by atoms with van der Waals surface area (Å²) in [6, 6.07) is 18.1. The normalized spacial score (nSPS) is 14.7. The van der Waals surface area contributed by atoms with Gasteiger partial charge >= 0.3 is 0 Å². The Kier molecular flexibility index (Phi) is 7.69. The molecule has 1 saturated heterocycles. The van der Waals surface area contributed by atoms with E-state index >= 15 is 0 Å². The first-order chi connectivity index (χ1) is 13.3. The summed E-state index contributed by atoms with van der Waals surface area (Å²) in [4.78, 5) is 14.4. The van der Waals surface area contributed by atoms with E-state index in [2.05, 4.69) is 34.5 Å². The standard InChI is InChI=1S/C22H28N2O3/c25-22(10-5-13-27-21-8-2-1-3-9-21)23-17-19-6-4-7-20(16-19)18-24-11-14-26-15-12-24/h1-4,6-9,16H,5,10-15,17-18H2,(H,23,25). The van der Waals surface area contributed by atoms with E-state index in [1.165, 1.54) is 5.56 Å². The van der Waals surface area contributed by atoms with Crippen molar-refractivity contribution >= 4 is 5.91 Å². The van der Waals surface area contributed by atoms with Gasteiger partial charge in [-0.15, -0.1) is 0 Å². The van der Waals surface area contributed by atoms with E-state index in [0.717, 1.165) is 44.2 Å². The zero-order valence-electron chi connectivity index (χ0n) is 15.7. The molecule has 27 heavy (non-hydrogen) atoms. The molecule has 0 aliphatic carbocycles. The van der Waals surface area contributed by atoms with Crippen LogP contribution in [0.1, 0.15) is 24.0 Å². The van der Waals surface area contributed by atoms with Gasteiger partial charge in [0.1, 0.15) is 5.75 Å². The highest BCUT2D eigenvalue weighted by molar-refractivity contribution is 5.75. The lowest BCUT2D eigenvalue weighted by Crippen LogP contribution is -2.35. The minimum absolute atomic E-state index is 0.0604. The van der Waals surface area contributed by atoms with Crippen LogP contribution >= 0.6 is 0 Å². The lowest BCUT2D eigenvalue weighted by molar-refractivity contribution is -0.121. The summed E-state index contributed by atoms with van der Waals surface area (Å²) in [5.74, 6) is 0.903. The Morgan fingerprint density at radius 2 is 1.81 bits per heavy atom. The molecule has 1 fully saturated rings. The third-order valence-corrected chi connectivity index (χ3v) is 4.55. The van der Waals surface area contributed by atoms with Gasteiger partial charge in [-0.1, -0.05) is 42.5 Å². The molecule has 0 bridgehead atoms. The van der Waals surface area contributed by atoms with E-state index in [4.69, 9.17) is 9.47 Å². The lowest BCUT2D eigenvalue weighted by Gasteiger charge is -2.26. The van der Waals surface area contributed by atoms with Crippen molar-refractivity contribution in [1.29, 1.82) is 0 Å². The largest absolute Gasteiger partial charge is 0.494 e. The van der Waals surface area contributed by atoms with Gasteiger partial charge in [0.25, 0.3) is 0 Å². The Morgan fingerprint density at radius 3 is 2.63 bits per heavy atom. The molecule has 3 rings (SSSR count). The van der Waals surface area contributed by atoms with Gasteiger partial charge in [-0.25, -0.2) is 0 Å². The summed E-state index contributed by atoms with van der Waals surface area (Å²) in [6.45, 7) is 5.62. The molecule has 0 unspecified atom stereocenters. The Hall–Kier alpha value is -2.37. The summed E-state index contributed by atoms with van der Waals surface area (Å²) in [5.41, 5.74) is 2.41. The van der Waals surface area contributed by atoms with E-state index in [0.29, 0.717) is 26.0 Å². The predicted molar refractivity (Wildman–Crippen MR) is 106 cm³/mol. The summed E-state index contributed by atoms with van der Waals surface area (Å²) in [7, 11) is 0. The minimum atomic E-state index is 0.0604. The van der Waals surface area contributed by atoms with Crippen molar-refractivity contribution in [2.75, 3.05) is 32.9 Å². The number of benzene rings is 2. The predicted octanol–water partition coefficient (Wildman–Crippen LogP) is 2.99. The lowest BCUT2D eigenvalue weighted by atomic mass is 10.1. The number of carbonyl (C=O) groups is 1. The van der Waals surface area contributed by atoms with E-state index in [1.54, 1.807) is 0 Å². The van der Waals surface area contributed by atoms with Crippen LogP contribution in [0.25, 0.3) is 0 Å². The molecule has 0 radical (unpaired) electrons. The average molecular weight is 368 g/mol. The summed E-state index contributed by atoms with van der Waals surface area (Å²) < 4.78 is 11.0. The third-order valence-electron chi connectivity index (χ3n) is 4.55. The molecule has 0 aromatic heterocycles. The van der Waals surface area contributed by atoms with E-state index in [-0.39, 0.29) is 5.91 Å². The fourth-order valence-electron chi connectivity index (χ4n) is 3.08. The average Bonchev–Trinajstić information content (AvgIpc) is 2.71. The molecule has 1 heterocycles. The zero-order chi connectivity index (χ0) is 18.7. The van der Waals surface area contributed by atoms with Crippen molar-refractivity contribution in [3.8, 4) is 5.75 Å². The molecule has 2 aromatic carbocycles. The van der Waals surface area contributed by atoms with Crippen molar-refractivity contribution < 1.29 is 14.3 Å². The van der Waals surface area contributed by atoms with Gasteiger partial charge in [-0.2, -0.15) is 0 Å². The number of hydrogen-bond acceptors (Lipinski definition) is 4. The maximum absolute atomic E-state index is 12.0. The molecule has 0 atom stereocenters. The molecule has 1 aliphatic rings. The number of carbonyl (C=O) groups excluding carboxylic acids is 1. The molecule has 0 spiro atoms. The van der Waals surface area contributed by atoms with Gasteiger partial charge in [0, 0.05) is 32.6 Å². The molecule has 1 amide bonds. The molecule has 0 saturated carbocycles. The monoisotopic (exact) mass is 368 g/mol. The molecule has 2 aromatic rings. The summed E-state index contributed by atoms with van der Waals surface area (Å²) >= 11 is 0. The van der Waals surface area contributed by atoms with Crippen molar-refractivity contribution in [1.82, 2.24) is 10.2 Å². The zero-order valence-corrected chi connectivity index (χ0v) is 15.7. The number of morpholine rings is 1. The van der Waals surface area contributed by atoms with Crippen LogP contribution in [0.4, 0.5) is 0 Å². The Bertz CT molecular complexity index is 700. The first-order valence-electron chi connectivity index (χ1n) is 9.62. The van der Waals surface area contributed by atoms with Crippen molar-refractivity contribution in [3.63, 3.8) is 0 Å². The highest BCUT2D eigenvalue weighted by atomic mass is 16.5. The maximum atomic E-state index is 12.0. The van der Waals surface area contributed by atoms with Crippen LogP contribution in [0, 0.1) is 0 Å². The van der Waals surface area contributed by atoms with Gasteiger partial charge in [-0.05, 0) is 29.7 Å². The second-order valence-corrected chi connectivity index (χ2v) is 6.75. The van der Waals surface area contributed by atoms with Crippen LogP contribution in [-0.4, -0.2) is 43.7 Å². The summed E-state index contributed by atoms with van der Waals surface area (Å²) in [5, 5.41) is 3.00. The first kappa shape index (κ1) is 19.4. The molecule has 144 valence electrons. The van der Waals surface area contributed by atoms with Crippen LogP contribution in [0.15, 0.2) is 54.6 Å². The number of rotatable bonds is 9. The Balaban J connectivity index is 1.35. The number of nitrogens with zero attached hydrogens (tertiary/aromatic N) is 1. The molecule has 1 N–H and O–H groups in total. The van der Waals surface area contributed by atoms with Gasteiger partial charge < -0.3 is 14.8 Å². The number of para-hydroxylation sites is 1. The number of amides is 1. The second kappa shape index (κ2) is 10.7. The summed E-state index contributed by atoms with van der Waals surface area (Å²) in [6.07, 6.45) is 1.18. The van der Waals surface area contributed by atoms with Crippen LogP contribution in [-0.2, 0) is 22.6 Å². The second-order valence-electron chi connectivity index (χ2n) is 6.75. The fourth-order valence-corrected chi connectivity index (χ4v) is 3.08. The van der Waals surface area contributed by atoms with E-state index in [1.807, 2.05) is 30.3 Å². The smallest absolute Gasteiger partial charge is 0.220 e. The van der Waals surface area contributed by atoms with Gasteiger partial charge in [0.15, 0.2) is 0 Å². The molecular weight excluding hydrogens is 340 g/mol. The first-order valence-corrected chi connectivity index (χ1v) is 9.62. The van der Waals surface area contributed by atoms with Crippen molar-refractivity contribution in [3.05, 3.63) is 65.7 Å². The maximum Gasteiger partial charge on any atom is 0.220 e. The van der Waals surface area contributed by atoms with Gasteiger partial charge in [0.2, 0.25) is 5.91 Å².